The molecule has 3 N–H and O–H groups in total. The van der Waals surface area contributed by atoms with Crippen molar-refractivity contribution >= 4 is 46.4 Å². The van der Waals surface area contributed by atoms with Gasteiger partial charge in [-0.25, -0.2) is 0 Å². The van der Waals surface area contributed by atoms with E-state index in [1.165, 1.54) is 0 Å². The number of nitrogens with one attached hydrogen (secondary N) is 3. The predicted octanol–water partition coefficient (Wildman–Crippen LogP) is 5.19. The van der Waals surface area contributed by atoms with Crippen molar-refractivity contribution < 1.29 is 9.59 Å². The predicted molar refractivity (Wildman–Crippen MR) is 218 cm³/mol. The molecule has 0 radical (unpaired) electrons. The highest BCUT2D eigenvalue weighted by Crippen LogP contribution is 2.26. The van der Waals surface area contributed by atoms with Crippen LogP contribution in [0.1, 0.15) is 27.7 Å². The molecule has 6 rings (SSSR count). The summed E-state index contributed by atoms with van der Waals surface area (Å²) in [5.41, 5.74) is 6.15. The summed E-state index contributed by atoms with van der Waals surface area (Å²) in [5.74, 6) is 0.831. The van der Waals surface area contributed by atoms with Crippen molar-refractivity contribution in [1.82, 2.24) is 40.8 Å². The van der Waals surface area contributed by atoms with Gasteiger partial charge >= 0.3 is 0 Å². The smallest absolute Gasteiger partial charge is 0.269 e. The molecule has 2 fully saturated rings. The number of hydrogen-bond acceptors (Lipinski definition) is 10. The minimum atomic E-state index is -0.110. The van der Waals surface area contributed by atoms with E-state index < -0.39 is 0 Å². The lowest BCUT2D eigenvalue weighted by molar-refractivity contribution is -0.123. The minimum Gasteiger partial charge on any atom is -0.368 e. The number of nitrogens with zero attached hydrogens (tertiary/aromatic N) is 9. The second-order valence-electron chi connectivity index (χ2n) is 13.5. The molecule has 0 bridgehead atoms. The first kappa shape index (κ1) is 42.1. The molecule has 0 saturated carbocycles. The number of aromatic nitrogens is 4. The summed E-state index contributed by atoms with van der Waals surface area (Å²) in [6.07, 6.45) is 10.8. The van der Waals surface area contributed by atoms with Crippen LogP contribution in [-0.2, 0) is 9.59 Å². The van der Waals surface area contributed by atoms with Crippen LogP contribution in [0.5, 0.6) is 0 Å². The van der Waals surface area contributed by atoms with Gasteiger partial charge in [-0.3, -0.25) is 24.5 Å². The second-order valence-corrected chi connectivity index (χ2v) is 13.7. The molecule has 0 unspecified atom stereocenters. The number of piperazine rings is 2. The molecule has 0 atom stereocenters. The van der Waals surface area contributed by atoms with Crippen LogP contribution in [0, 0.1) is 13.1 Å². The van der Waals surface area contributed by atoms with Crippen molar-refractivity contribution in [3.63, 3.8) is 0 Å². The summed E-state index contributed by atoms with van der Waals surface area (Å²) in [5, 5.41) is 8.90. The van der Waals surface area contributed by atoms with Crippen LogP contribution in [0.25, 0.3) is 31.9 Å². The Bertz CT molecular complexity index is 1900. The van der Waals surface area contributed by atoms with Crippen molar-refractivity contribution in [3.05, 3.63) is 96.4 Å². The Morgan fingerprint density at radius 2 is 1.16 bits per heavy atom. The second kappa shape index (κ2) is 21.9. The molecule has 2 amide bonds. The molecule has 4 aromatic rings. The van der Waals surface area contributed by atoms with Crippen molar-refractivity contribution in [2.45, 2.75) is 39.8 Å². The van der Waals surface area contributed by atoms with Gasteiger partial charge < -0.3 is 35.4 Å². The fourth-order valence-corrected chi connectivity index (χ4v) is 5.86. The van der Waals surface area contributed by atoms with E-state index in [0.717, 1.165) is 86.0 Å². The maximum absolute atomic E-state index is 11.9. The van der Waals surface area contributed by atoms with Crippen LogP contribution in [0.15, 0.2) is 73.6 Å². The largest absolute Gasteiger partial charge is 0.368 e. The summed E-state index contributed by atoms with van der Waals surface area (Å²) in [4.78, 5) is 52.7. The lowest BCUT2D eigenvalue weighted by Gasteiger charge is -2.35. The van der Waals surface area contributed by atoms with E-state index in [9.17, 15) is 9.59 Å². The number of hydrogen-bond donors (Lipinski definition) is 3. The molecule has 2 saturated heterocycles. The third kappa shape index (κ3) is 13.9. The summed E-state index contributed by atoms with van der Waals surface area (Å²) >= 11 is 5.18. The monoisotopic (exact) mass is 764 g/mol. The van der Waals surface area contributed by atoms with Gasteiger partial charge in [0.25, 0.3) is 11.6 Å². The lowest BCUT2D eigenvalue weighted by Crippen LogP contribution is -2.50. The molecule has 15 heteroatoms. The molecular weight excluding hydrogens is 716 g/mol. The van der Waals surface area contributed by atoms with Gasteiger partial charge in [0.1, 0.15) is 18.3 Å². The number of halogens is 1. The molecule has 4 aromatic heterocycles. The number of pyridine rings is 4. The van der Waals surface area contributed by atoms with E-state index in [1.54, 1.807) is 24.5 Å². The normalized spacial score (nSPS) is 14.1. The van der Waals surface area contributed by atoms with E-state index in [2.05, 4.69) is 72.4 Å². The van der Waals surface area contributed by atoms with Crippen LogP contribution in [0.4, 0.5) is 23.0 Å². The van der Waals surface area contributed by atoms with Gasteiger partial charge in [0.2, 0.25) is 11.8 Å². The quantitative estimate of drug-likeness (QED) is 0.154. The summed E-state index contributed by atoms with van der Waals surface area (Å²) < 4.78 is 0. The first-order chi connectivity index (χ1) is 26.6. The first-order valence-electron chi connectivity index (χ1n) is 18.2. The molecule has 14 nitrogen and oxygen atoms in total. The van der Waals surface area contributed by atoms with Crippen molar-refractivity contribution in [3.8, 4) is 22.3 Å². The first-order valence-corrected chi connectivity index (χ1v) is 18.8. The Morgan fingerprint density at radius 3 is 1.56 bits per heavy atom. The minimum absolute atomic E-state index is 0.0537. The molecule has 0 spiro atoms. The van der Waals surface area contributed by atoms with E-state index in [1.807, 2.05) is 64.6 Å². The van der Waals surface area contributed by atoms with Crippen molar-refractivity contribution in [2.24, 2.45) is 0 Å². The van der Waals surface area contributed by atoms with Crippen LogP contribution >= 0.6 is 11.6 Å². The highest BCUT2D eigenvalue weighted by Gasteiger charge is 2.20. The molecule has 2 aliphatic heterocycles. The van der Waals surface area contributed by atoms with Crippen LogP contribution < -0.4 is 25.8 Å². The number of anilines is 2. The number of rotatable bonds is 9. The average Bonchev–Trinajstić information content (AvgIpc) is 3.21. The number of carbonyl (C=O) groups is 2. The topological polar surface area (TPSA) is 140 Å². The van der Waals surface area contributed by atoms with Gasteiger partial charge in [0, 0.05) is 99.1 Å². The molecule has 0 aromatic carbocycles. The van der Waals surface area contributed by atoms with E-state index in [4.69, 9.17) is 24.7 Å². The van der Waals surface area contributed by atoms with Crippen LogP contribution in [0.3, 0.4) is 0 Å². The summed E-state index contributed by atoms with van der Waals surface area (Å²) in [6, 6.07) is 11.9. The lowest BCUT2D eigenvalue weighted by atomic mass is 10.1. The number of alkyl halides is 1. The van der Waals surface area contributed by atoms with Gasteiger partial charge in [-0.15, -0.1) is 21.6 Å². The van der Waals surface area contributed by atoms with E-state index >= 15 is 0 Å². The van der Waals surface area contributed by atoms with Crippen molar-refractivity contribution in [2.75, 3.05) is 74.6 Å². The average molecular weight is 765 g/mol. The Morgan fingerprint density at radius 1 is 0.691 bits per heavy atom. The molecule has 6 heterocycles. The maximum Gasteiger partial charge on any atom is 0.269 e. The Kier molecular flexibility index (Phi) is 16.7. The van der Waals surface area contributed by atoms with Gasteiger partial charge in [0.15, 0.2) is 0 Å². The van der Waals surface area contributed by atoms with Crippen molar-refractivity contribution in [1.29, 1.82) is 0 Å². The third-order valence-corrected chi connectivity index (χ3v) is 8.69. The zero-order valence-corrected chi connectivity index (χ0v) is 32.6. The molecule has 55 heavy (non-hydrogen) atoms. The van der Waals surface area contributed by atoms with E-state index in [0.29, 0.717) is 18.2 Å². The summed E-state index contributed by atoms with van der Waals surface area (Å²) in [7, 11) is 0. The SMILES string of the molecule is CC(C)NC(=O)CCl.[C-]#[N+]c1ccc(-c2cncc(N3CCN(CC(=O)NC(C)C)CC3)c2)cn1.[C-]#[N+]c1ccc(-c2cncc(N3CCNCC3)c2)cn1. The standard InChI is InChI=1S/C20H24N6O.C15H15N5.C5H10ClNO/c1-15(2)24-20(27)14-25-6-8-26(9-7-25)18-10-17(11-22-13-18)16-4-5-19(21-3)23-12-16;1-16-15-3-2-12(10-19-15)13-8-14(11-18-9-13)20-6-4-17-5-7-20;1-4(2)7-5(8)3-6/h4-5,10-13,15H,6-9,14H2,1-2H3,(H,24,27);2-3,8-11,17H,4-7H2;4H,3H2,1-2H3,(H,7,8). The molecule has 288 valence electrons. The van der Waals surface area contributed by atoms with Crippen LogP contribution in [0.2, 0.25) is 0 Å². The number of amides is 2. The maximum atomic E-state index is 11.9. The fourth-order valence-electron chi connectivity index (χ4n) is 5.78. The molecular formula is C40H49ClN12O2. The highest BCUT2D eigenvalue weighted by molar-refractivity contribution is 6.27. The summed E-state index contributed by atoms with van der Waals surface area (Å²) in [6.45, 7) is 29.5. The Hall–Kier alpha value is -5.67. The van der Waals surface area contributed by atoms with Gasteiger partial charge in [-0.1, -0.05) is 25.3 Å². The zero-order valence-electron chi connectivity index (χ0n) is 31.9. The van der Waals surface area contributed by atoms with Crippen LogP contribution in [-0.4, -0.2) is 114 Å². The zero-order chi connectivity index (χ0) is 39.6. The highest BCUT2D eigenvalue weighted by atomic mass is 35.5. The Balaban J connectivity index is 0.000000210. The van der Waals surface area contributed by atoms with Gasteiger partial charge in [-0.05, 0) is 52.0 Å². The fraction of sp³-hybridized carbons (Fsp3) is 0.400. The molecule has 0 aliphatic carbocycles. The number of carbonyl (C=O) groups excluding carboxylic acids is 2. The molecule has 2 aliphatic rings. The Labute approximate surface area is 329 Å². The van der Waals surface area contributed by atoms with Gasteiger partial charge in [-0.2, -0.15) is 0 Å². The third-order valence-electron chi connectivity index (χ3n) is 8.45. The van der Waals surface area contributed by atoms with E-state index in [-0.39, 0.29) is 29.8 Å². The van der Waals surface area contributed by atoms with Gasteiger partial charge in [0.05, 0.1) is 30.3 Å².